The fourth-order valence-electron chi connectivity index (χ4n) is 2.89. The van der Waals surface area contributed by atoms with Crippen LogP contribution in [0.4, 0.5) is 5.00 Å². The third kappa shape index (κ3) is 2.83. The van der Waals surface area contributed by atoms with Crippen LogP contribution >= 0.6 is 11.3 Å². The van der Waals surface area contributed by atoms with E-state index in [1.807, 2.05) is 13.0 Å². The SMILES string of the molecule is CCc1c(O)cc(=O)[nH]c1-c1ccc(N2CCCCC2)s1. The lowest BCUT2D eigenvalue weighted by molar-refractivity contribution is 0.467. The van der Waals surface area contributed by atoms with Gasteiger partial charge in [-0.15, -0.1) is 11.3 Å². The lowest BCUT2D eigenvalue weighted by Crippen LogP contribution is -2.28. The topological polar surface area (TPSA) is 56.3 Å². The summed E-state index contributed by atoms with van der Waals surface area (Å²) in [5.74, 6) is 0.0872. The zero-order valence-corrected chi connectivity index (χ0v) is 13.0. The van der Waals surface area contributed by atoms with E-state index in [1.54, 1.807) is 11.3 Å². The molecule has 0 radical (unpaired) electrons. The molecule has 1 aliphatic rings. The second-order valence-electron chi connectivity index (χ2n) is 5.41. The second kappa shape index (κ2) is 5.93. The van der Waals surface area contributed by atoms with Crippen LogP contribution in [-0.2, 0) is 6.42 Å². The van der Waals surface area contributed by atoms with Crippen molar-refractivity contribution in [3.63, 3.8) is 0 Å². The molecule has 112 valence electrons. The van der Waals surface area contributed by atoms with Crippen molar-refractivity contribution in [3.05, 3.63) is 34.1 Å². The molecule has 1 saturated heterocycles. The third-order valence-corrected chi connectivity index (χ3v) is 5.15. The molecule has 0 bridgehead atoms. The van der Waals surface area contributed by atoms with E-state index in [-0.39, 0.29) is 11.3 Å². The largest absolute Gasteiger partial charge is 0.507 e. The molecule has 3 rings (SSSR count). The van der Waals surface area contributed by atoms with E-state index in [4.69, 9.17) is 0 Å². The van der Waals surface area contributed by atoms with Crippen molar-refractivity contribution in [1.29, 1.82) is 0 Å². The van der Waals surface area contributed by atoms with E-state index in [9.17, 15) is 9.90 Å². The van der Waals surface area contributed by atoms with Crippen molar-refractivity contribution < 1.29 is 5.11 Å². The predicted octanol–water partition coefficient (Wildman–Crippen LogP) is 3.36. The zero-order chi connectivity index (χ0) is 14.8. The Balaban J connectivity index is 1.98. The molecule has 2 N–H and O–H groups in total. The van der Waals surface area contributed by atoms with Crippen LogP contribution in [0.25, 0.3) is 10.6 Å². The Kier molecular flexibility index (Phi) is 4.01. The van der Waals surface area contributed by atoms with Gasteiger partial charge >= 0.3 is 0 Å². The molecule has 4 nitrogen and oxygen atoms in total. The highest BCUT2D eigenvalue weighted by Crippen LogP contribution is 2.36. The van der Waals surface area contributed by atoms with Crippen molar-refractivity contribution in [2.45, 2.75) is 32.6 Å². The van der Waals surface area contributed by atoms with Crippen LogP contribution in [0, 0.1) is 0 Å². The summed E-state index contributed by atoms with van der Waals surface area (Å²) in [5.41, 5.74) is 1.31. The lowest BCUT2D eigenvalue weighted by Gasteiger charge is -2.27. The minimum atomic E-state index is -0.257. The summed E-state index contributed by atoms with van der Waals surface area (Å²) in [5, 5.41) is 11.2. The van der Waals surface area contributed by atoms with Crippen molar-refractivity contribution in [2.24, 2.45) is 0 Å². The molecule has 21 heavy (non-hydrogen) atoms. The summed E-state index contributed by atoms with van der Waals surface area (Å²) < 4.78 is 0. The maximum absolute atomic E-state index is 11.6. The summed E-state index contributed by atoms with van der Waals surface area (Å²) in [6.45, 7) is 4.20. The first-order chi connectivity index (χ1) is 10.2. The van der Waals surface area contributed by atoms with Crippen molar-refractivity contribution >= 4 is 16.3 Å². The fourth-order valence-corrected chi connectivity index (χ4v) is 3.97. The van der Waals surface area contributed by atoms with Crippen molar-refractivity contribution in [2.75, 3.05) is 18.0 Å². The molecule has 2 aromatic rings. The average molecular weight is 304 g/mol. The smallest absolute Gasteiger partial charge is 0.252 e. The van der Waals surface area contributed by atoms with E-state index in [0.717, 1.165) is 29.2 Å². The van der Waals surface area contributed by atoms with Gasteiger partial charge in [0.1, 0.15) is 5.75 Å². The Morgan fingerprint density at radius 3 is 2.76 bits per heavy atom. The van der Waals surface area contributed by atoms with Crippen LogP contribution in [0.2, 0.25) is 0 Å². The molecule has 0 unspecified atom stereocenters. The molecule has 0 spiro atoms. The standard InChI is InChI=1S/C16H20N2O2S/c1-2-11-12(19)10-14(20)17-16(11)13-6-7-15(21-13)18-8-4-3-5-9-18/h6-7,10H,2-5,8-9H2,1H3,(H2,17,19,20). The molecule has 0 aromatic carbocycles. The molecular formula is C16H20N2O2S. The number of aromatic nitrogens is 1. The molecule has 3 heterocycles. The maximum Gasteiger partial charge on any atom is 0.252 e. The molecule has 0 atom stereocenters. The number of hydrogen-bond donors (Lipinski definition) is 2. The first kappa shape index (κ1) is 14.2. The summed E-state index contributed by atoms with van der Waals surface area (Å²) in [6.07, 6.45) is 4.50. The normalized spacial score (nSPS) is 15.4. The molecule has 1 aliphatic heterocycles. The number of piperidine rings is 1. The molecule has 0 amide bonds. The van der Waals surface area contributed by atoms with Gasteiger partial charge in [0, 0.05) is 24.7 Å². The summed E-state index contributed by atoms with van der Waals surface area (Å²) in [6, 6.07) is 5.41. The van der Waals surface area contributed by atoms with Gasteiger partial charge in [-0.1, -0.05) is 6.92 Å². The molecule has 1 fully saturated rings. The minimum Gasteiger partial charge on any atom is -0.507 e. The zero-order valence-electron chi connectivity index (χ0n) is 12.2. The van der Waals surface area contributed by atoms with Gasteiger partial charge in [-0.05, 0) is 37.8 Å². The number of aromatic amines is 1. The Labute approximate surface area is 128 Å². The molecule has 2 aromatic heterocycles. The maximum atomic E-state index is 11.6. The van der Waals surface area contributed by atoms with Crippen LogP contribution < -0.4 is 10.5 Å². The van der Waals surface area contributed by atoms with Gasteiger partial charge in [-0.2, -0.15) is 0 Å². The Bertz CT molecular complexity index is 684. The number of rotatable bonds is 3. The van der Waals surface area contributed by atoms with Crippen LogP contribution in [-0.4, -0.2) is 23.2 Å². The Morgan fingerprint density at radius 2 is 2.05 bits per heavy atom. The highest BCUT2D eigenvalue weighted by molar-refractivity contribution is 7.19. The summed E-state index contributed by atoms with van der Waals surface area (Å²) in [7, 11) is 0. The number of anilines is 1. The van der Waals surface area contributed by atoms with Crippen molar-refractivity contribution in [3.8, 4) is 16.3 Å². The monoisotopic (exact) mass is 304 g/mol. The van der Waals surface area contributed by atoms with Crippen LogP contribution in [0.3, 0.4) is 0 Å². The molecule has 5 heteroatoms. The number of aromatic hydroxyl groups is 1. The van der Waals surface area contributed by atoms with E-state index in [1.165, 1.54) is 30.3 Å². The van der Waals surface area contributed by atoms with Crippen LogP contribution in [0.5, 0.6) is 5.75 Å². The first-order valence-electron chi connectivity index (χ1n) is 7.49. The fraction of sp³-hybridized carbons (Fsp3) is 0.438. The molecular weight excluding hydrogens is 284 g/mol. The van der Waals surface area contributed by atoms with Crippen molar-refractivity contribution in [1.82, 2.24) is 4.98 Å². The number of nitrogens with zero attached hydrogens (tertiary/aromatic N) is 1. The van der Waals surface area contributed by atoms with Gasteiger partial charge in [0.15, 0.2) is 0 Å². The van der Waals surface area contributed by atoms with E-state index >= 15 is 0 Å². The van der Waals surface area contributed by atoms with Crippen LogP contribution in [0.1, 0.15) is 31.7 Å². The third-order valence-electron chi connectivity index (χ3n) is 3.99. The van der Waals surface area contributed by atoms with Crippen LogP contribution in [0.15, 0.2) is 23.0 Å². The summed E-state index contributed by atoms with van der Waals surface area (Å²) in [4.78, 5) is 17.9. The number of nitrogens with one attached hydrogen (secondary N) is 1. The van der Waals surface area contributed by atoms with Gasteiger partial charge in [-0.25, -0.2) is 0 Å². The van der Waals surface area contributed by atoms with Gasteiger partial charge in [0.05, 0.1) is 15.6 Å². The van der Waals surface area contributed by atoms with Gasteiger partial charge in [-0.3, -0.25) is 4.79 Å². The summed E-state index contributed by atoms with van der Waals surface area (Å²) >= 11 is 1.68. The van der Waals surface area contributed by atoms with Gasteiger partial charge in [0.2, 0.25) is 0 Å². The second-order valence-corrected chi connectivity index (χ2v) is 6.47. The number of H-pyrrole nitrogens is 1. The Hall–Kier alpha value is -1.75. The molecule has 0 saturated carbocycles. The predicted molar refractivity (Wildman–Crippen MR) is 87.5 cm³/mol. The van der Waals surface area contributed by atoms with E-state index in [0.29, 0.717) is 6.42 Å². The average Bonchev–Trinajstić information content (AvgIpc) is 2.97. The van der Waals surface area contributed by atoms with Gasteiger partial charge < -0.3 is 15.0 Å². The first-order valence-corrected chi connectivity index (χ1v) is 8.31. The van der Waals surface area contributed by atoms with E-state index < -0.39 is 0 Å². The quantitative estimate of drug-likeness (QED) is 0.914. The highest BCUT2D eigenvalue weighted by atomic mass is 32.1. The number of pyridine rings is 1. The van der Waals surface area contributed by atoms with E-state index in [2.05, 4.69) is 16.0 Å². The van der Waals surface area contributed by atoms with Gasteiger partial charge in [0.25, 0.3) is 5.56 Å². The lowest BCUT2D eigenvalue weighted by atomic mass is 10.1. The number of thiophene rings is 1. The number of hydrogen-bond acceptors (Lipinski definition) is 4. The Morgan fingerprint density at radius 1 is 1.29 bits per heavy atom. The highest BCUT2D eigenvalue weighted by Gasteiger charge is 2.16. The molecule has 0 aliphatic carbocycles. The minimum absolute atomic E-state index is 0.0872.